The Balaban J connectivity index is 3.10. The van der Waals surface area contributed by atoms with Crippen molar-refractivity contribution >= 4 is 11.4 Å². The van der Waals surface area contributed by atoms with Crippen LogP contribution in [0.1, 0.15) is 31.0 Å². The van der Waals surface area contributed by atoms with Gasteiger partial charge in [0.05, 0.1) is 0 Å². The number of Topliss-reactive ketones (excluding diaryl/α,β-unsaturated/α-hetero) is 1. The van der Waals surface area contributed by atoms with Crippen LogP contribution in [-0.2, 0) is 4.79 Å². The zero-order chi connectivity index (χ0) is 13.0. The fourth-order valence-corrected chi connectivity index (χ4v) is 1.74. The van der Waals surface area contributed by atoms with E-state index >= 15 is 0 Å². The van der Waals surface area contributed by atoms with Crippen LogP contribution < -0.4 is 17.2 Å². The van der Waals surface area contributed by atoms with Gasteiger partial charge in [0.15, 0.2) is 5.78 Å². The molecule has 1 aromatic rings. The van der Waals surface area contributed by atoms with Gasteiger partial charge in [-0.3, -0.25) is 4.79 Å². The van der Waals surface area contributed by atoms with Crippen LogP contribution in [0, 0.1) is 0 Å². The van der Waals surface area contributed by atoms with Crippen molar-refractivity contribution in [3.8, 4) is 0 Å². The molecule has 1 rings (SSSR count). The molecule has 0 radical (unpaired) electrons. The van der Waals surface area contributed by atoms with Gasteiger partial charge in [-0.15, -0.1) is 0 Å². The highest BCUT2D eigenvalue weighted by Crippen LogP contribution is 2.20. The van der Waals surface area contributed by atoms with E-state index in [9.17, 15) is 4.79 Å². The van der Waals surface area contributed by atoms with Crippen molar-refractivity contribution in [1.29, 1.82) is 0 Å². The lowest BCUT2D eigenvalue weighted by Crippen LogP contribution is -2.20. The average molecular weight is 233 g/mol. The lowest BCUT2D eigenvalue weighted by atomic mass is 9.98. The van der Waals surface area contributed by atoms with E-state index in [2.05, 4.69) is 0 Å². The number of carbonyl (C=O) groups is 1. The molecule has 0 amide bonds. The third-order valence-electron chi connectivity index (χ3n) is 2.63. The molecule has 0 saturated carbocycles. The molecule has 92 valence electrons. The molecule has 0 fully saturated rings. The minimum Gasteiger partial charge on any atom is -0.402 e. The summed E-state index contributed by atoms with van der Waals surface area (Å²) in [6.07, 6.45) is 0. The summed E-state index contributed by atoms with van der Waals surface area (Å²) in [5.41, 5.74) is 19.8. The van der Waals surface area contributed by atoms with E-state index in [0.717, 1.165) is 11.1 Å². The topological polar surface area (TPSA) is 95.1 Å². The van der Waals surface area contributed by atoms with Gasteiger partial charge >= 0.3 is 0 Å². The fraction of sp³-hybridized carbons (Fsp3) is 0.308. The number of benzene rings is 1. The molecule has 0 unspecified atom stereocenters. The lowest BCUT2D eigenvalue weighted by molar-refractivity contribution is -0.111. The molecule has 1 aromatic carbocycles. The molecule has 17 heavy (non-hydrogen) atoms. The van der Waals surface area contributed by atoms with E-state index in [0.29, 0.717) is 17.8 Å². The average Bonchev–Trinajstić information content (AvgIpc) is 2.28. The van der Waals surface area contributed by atoms with Crippen molar-refractivity contribution in [2.45, 2.75) is 19.9 Å². The van der Waals surface area contributed by atoms with Crippen molar-refractivity contribution in [3.05, 3.63) is 41.1 Å². The van der Waals surface area contributed by atoms with Gasteiger partial charge < -0.3 is 17.2 Å². The molecular formula is C13H19N3O. The van der Waals surface area contributed by atoms with Crippen molar-refractivity contribution in [1.82, 2.24) is 0 Å². The maximum atomic E-state index is 11.5. The van der Waals surface area contributed by atoms with Crippen molar-refractivity contribution in [2.24, 2.45) is 17.2 Å². The van der Waals surface area contributed by atoms with Crippen LogP contribution in [0.2, 0.25) is 0 Å². The molecule has 4 nitrogen and oxygen atoms in total. The number of rotatable bonds is 4. The Morgan fingerprint density at radius 3 is 2.12 bits per heavy atom. The van der Waals surface area contributed by atoms with Crippen molar-refractivity contribution in [2.75, 3.05) is 6.54 Å². The summed E-state index contributed by atoms with van der Waals surface area (Å²) in [6.45, 7) is 3.62. The van der Waals surface area contributed by atoms with Gasteiger partial charge in [0, 0.05) is 23.9 Å². The number of ketones is 1. The largest absolute Gasteiger partial charge is 0.402 e. The van der Waals surface area contributed by atoms with Gasteiger partial charge in [-0.1, -0.05) is 24.3 Å². The monoisotopic (exact) mass is 233 g/mol. The van der Waals surface area contributed by atoms with Crippen molar-refractivity contribution in [3.63, 3.8) is 0 Å². The van der Waals surface area contributed by atoms with Gasteiger partial charge in [-0.2, -0.15) is 0 Å². The molecule has 0 aromatic heterocycles. The maximum Gasteiger partial charge on any atom is 0.162 e. The summed E-state index contributed by atoms with van der Waals surface area (Å²) in [7, 11) is 0. The second-order valence-corrected chi connectivity index (χ2v) is 4.08. The van der Waals surface area contributed by atoms with Crippen molar-refractivity contribution < 1.29 is 4.79 Å². The second-order valence-electron chi connectivity index (χ2n) is 4.08. The lowest BCUT2D eigenvalue weighted by Gasteiger charge is -2.11. The minimum atomic E-state index is -0.173. The van der Waals surface area contributed by atoms with E-state index in [4.69, 9.17) is 17.2 Å². The first-order valence-corrected chi connectivity index (χ1v) is 5.50. The van der Waals surface area contributed by atoms with E-state index in [1.807, 2.05) is 24.3 Å². The molecule has 1 atom stereocenters. The summed E-state index contributed by atoms with van der Waals surface area (Å²) < 4.78 is 0. The van der Waals surface area contributed by atoms with Gasteiger partial charge in [-0.25, -0.2) is 0 Å². The zero-order valence-electron chi connectivity index (χ0n) is 10.2. The Hall–Kier alpha value is -1.65. The summed E-state index contributed by atoms with van der Waals surface area (Å²) in [5.74, 6) is -0.0409. The predicted octanol–water partition coefficient (Wildman–Crippen LogP) is 0.924. The van der Waals surface area contributed by atoms with Gasteiger partial charge in [-0.05, 0) is 25.0 Å². The first kappa shape index (κ1) is 13.4. The molecule has 4 heteroatoms. The Labute approximate surface area is 101 Å². The fourth-order valence-electron chi connectivity index (χ4n) is 1.74. The van der Waals surface area contributed by atoms with Crippen LogP contribution in [0.5, 0.6) is 0 Å². The number of carbonyl (C=O) groups excluding carboxylic acids is 1. The second kappa shape index (κ2) is 5.61. The molecular weight excluding hydrogens is 214 g/mol. The molecule has 0 bridgehead atoms. The molecule has 0 aliphatic carbocycles. The summed E-state index contributed by atoms with van der Waals surface area (Å²) in [5, 5.41) is 0. The van der Waals surface area contributed by atoms with Crippen LogP contribution in [0.15, 0.2) is 30.0 Å². The number of hydrogen-bond donors (Lipinski definition) is 3. The highest BCUT2D eigenvalue weighted by Gasteiger charge is 2.10. The highest BCUT2D eigenvalue weighted by molar-refractivity contribution is 6.20. The molecule has 0 aliphatic rings. The third kappa shape index (κ3) is 3.15. The minimum absolute atomic E-state index is 0.0409. The van der Waals surface area contributed by atoms with Crippen LogP contribution >= 0.6 is 0 Å². The first-order chi connectivity index (χ1) is 7.97. The van der Waals surface area contributed by atoms with Crippen LogP contribution in [-0.4, -0.2) is 12.3 Å². The zero-order valence-corrected chi connectivity index (χ0v) is 10.2. The normalized spacial score (nSPS) is 14.1. The van der Waals surface area contributed by atoms with E-state index < -0.39 is 0 Å². The van der Waals surface area contributed by atoms with Crippen LogP contribution in [0.3, 0.4) is 0 Å². The Morgan fingerprint density at radius 2 is 1.76 bits per heavy atom. The number of nitrogens with two attached hydrogens (primary N) is 3. The number of allylic oxidation sites excluding steroid dienone is 2. The predicted molar refractivity (Wildman–Crippen MR) is 69.9 cm³/mol. The van der Waals surface area contributed by atoms with Gasteiger partial charge in [0.1, 0.15) is 0 Å². The van der Waals surface area contributed by atoms with Crippen LogP contribution in [0.4, 0.5) is 0 Å². The Bertz CT molecular complexity index is 430. The standard InChI is InChI=1S/C13H19N3O/c1-8(15)13(9(2)17)11-5-3-10(4-6-11)12(16)7-14/h3-6,12H,7,14-16H2,1-2H3/b13-8+/t12-/m0/s1. The van der Waals surface area contributed by atoms with Gasteiger partial charge in [0.25, 0.3) is 0 Å². The van der Waals surface area contributed by atoms with Gasteiger partial charge in [0.2, 0.25) is 0 Å². The quantitative estimate of drug-likeness (QED) is 0.674. The summed E-state index contributed by atoms with van der Waals surface area (Å²) >= 11 is 0. The number of hydrogen-bond acceptors (Lipinski definition) is 4. The van der Waals surface area contributed by atoms with E-state index in [1.165, 1.54) is 6.92 Å². The maximum absolute atomic E-state index is 11.5. The van der Waals surface area contributed by atoms with E-state index in [1.54, 1.807) is 6.92 Å². The smallest absolute Gasteiger partial charge is 0.162 e. The van der Waals surface area contributed by atoms with E-state index in [-0.39, 0.29) is 11.8 Å². The molecule has 0 heterocycles. The Morgan fingerprint density at radius 1 is 1.24 bits per heavy atom. The summed E-state index contributed by atoms with van der Waals surface area (Å²) in [4.78, 5) is 11.5. The third-order valence-corrected chi connectivity index (χ3v) is 2.63. The first-order valence-electron chi connectivity index (χ1n) is 5.50. The summed E-state index contributed by atoms with van der Waals surface area (Å²) in [6, 6.07) is 7.26. The molecule has 0 saturated heterocycles. The Kier molecular flexibility index (Phi) is 4.43. The molecule has 0 spiro atoms. The highest BCUT2D eigenvalue weighted by atomic mass is 16.1. The van der Waals surface area contributed by atoms with Crippen LogP contribution in [0.25, 0.3) is 5.57 Å². The SMILES string of the molecule is CC(=O)/C(=C(/C)N)c1ccc([C@@H](N)CN)cc1. The molecule has 0 aliphatic heterocycles. The molecule has 6 N–H and O–H groups in total.